The van der Waals surface area contributed by atoms with Gasteiger partial charge in [0, 0.05) is 0 Å². The van der Waals surface area contributed by atoms with Gasteiger partial charge in [-0.2, -0.15) is 13.2 Å². The Kier molecular flexibility index (Phi) is 5.78. The first-order valence-corrected chi connectivity index (χ1v) is 9.19. The van der Waals surface area contributed by atoms with Crippen LogP contribution in [0.5, 0.6) is 0 Å². The van der Waals surface area contributed by atoms with Crippen LogP contribution >= 0.6 is 10.0 Å². The quantitative estimate of drug-likeness (QED) is 0.690. The van der Waals surface area contributed by atoms with Crippen LogP contribution in [0.4, 0.5) is 13.2 Å². The maximum Gasteiger partial charge on any atom is 0.389 e. The van der Waals surface area contributed by atoms with Crippen LogP contribution in [0.2, 0.25) is 0 Å². The second-order valence-electron chi connectivity index (χ2n) is 5.53. The monoisotopic (exact) mass is 292 g/mol. The number of halogens is 3. The minimum atomic E-state index is -4.02. The van der Waals surface area contributed by atoms with Gasteiger partial charge in [0.1, 0.15) is 0 Å². The molecule has 4 heteroatoms. The molecule has 0 bridgehead atoms. The lowest BCUT2D eigenvalue weighted by Crippen LogP contribution is -2.21. The fourth-order valence-corrected chi connectivity index (χ4v) is 3.83. The van der Waals surface area contributed by atoms with Crippen molar-refractivity contribution in [3.05, 3.63) is 35.9 Å². The molecule has 1 aromatic rings. The lowest BCUT2D eigenvalue weighted by Gasteiger charge is -2.38. The molecule has 0 radical (unpaired) electrons. The van der Waals surface area contributed by atoms with Crippen LogP contribution in [0.25, 0.3) is 0 Å². The lowest BCUT2D eigenvalue weighted by atomic mass is 10.1. The first-order valence-electron chi connectivity index (χ1n) is 6.51. The molecular formula is C15H23F3S. The topological polar surface area (TPSA) is 0 Å². The van der Waals surface area contributed by atoms with E-state index in [1.165, 1.54) is 5.56 Å². The van der Waals surface area contributed by atoms with E-state index >= 15 is 0 Å². The molecule has 0 spiro atoms. The maximum absolute atomic E-state index is 12.3. The normalized spacial score (nSPS) is 15.3. The van der Waals surface area contributed by atoms with Gasteiger partial charge in [-0.1, -0.05) is 37.3 Å². The van der Waals surface area contributed by atoms with E-state index in [2.05, 4.69) is 19.1 Å². The van der Waals surface area contributed by atoms with Crippen LogP contribution in [0.1, 0.15) is 25.3 Å². The van der Waals surface area contributed by atoms with Crippen molar-refractivity contribution < 1.29 is 13.2 Å². The summed E-state index contributed by atoms with van der Waals surface area (Å²) in [6, 6.07) is 10.1. The molecule has 1 atom stereocenters. The van der Waals surface area contributed by atoms with Crippen LogP contribution in [0.15, 0.2) is 30.3 Å². The highest BCUT2D eigenvalue weighted by atomic mass is 32.3. The Morgan fingerprint density at radius 3 is 2.21 bits per heavy atom. The summed E-state index contributed by atoms with van der Waals surface area (Å²) in [5.41, 5.74) is 1.26. The first kappa shape index (κ1) is 16.4. The maximum atomic E-state index is 12.3. The zero-order valence-corrected chi connectivity index (χ0v) is 12.7. The fraction of sp³-hybridized carbons (Fsp3) is 0.600. The Labute approximate surface area is 115 Å². The van der Waals surface area contributed by atoms with Crippen molar-refractivity contribution in [2.45, 2.75) is 37.6 Å². The van der Waals surface area contributed by atoms with Crippen molar-refractivity contribution in [1.29, 1.82) is 0 Å². The molecule has 19 heavy (non-hydrogen) atoms. The summed E-state index contributed by atoms with van der Waals surface area (Å²) >= 11 is 0. The van der Waals surface area contributed by atoms with E-state index in [0.29, 0.717) is 5.25 Å². The second-order valence-corrected chi connectivity index (χ2v) is 9.99. The molecule has 0 N–H and O–H groups in total. The molecule has 1 aromatic carbocycles. The molecular weight excluding hydrogens is 269 g/mol. The van der Waals surface area contributed by atoms with Gasteiger partial charge < -0.3 is 0 Å². The number of alkyl halides is 3. The molecule has 0 saturated carbocycles. The molecule has 0 aliphatic carbocycles. The number of aryl methyl sites for hydroxylation is 1. The van der Waals surface area contributed by atoms with Crippen LogP contribution in [0.3, 0.4) is 0 Å². The summed E-state index contributed by atoms with van der Waals surface area (Å²) < 4.78 is 36.9. The number of hydrogen-bond acceptors (Lipinski definition) is 0. The standard InChI is InChI=1S/C15H23F3S/c1-13(9-10-14-7-5-4-6-8-14)19(2,3)12-11-15(16,17)18/h4-8,13H,9-12H2,1-3H3. The van der Waals surface area contributed by atoms with Crippen molar-refractivity contribution in [3.63, 3.8) is 0 Å². The summed E-state index contributed by atoms with van der Waals surface area (Å²) in [5.74, 6) is 0.284. The SMILES string of the molecule is CC(CCc1ccccc1)S(C)(C)CCC(F)(F)F. The van der Waals surface area contributed by atoms with Gasteiger partial charge in [0.05, 0.1) is 6.42 Å². The van der Waals surface area contributed by atoms with Gasteiger partial charge >= 0.3 is 6.18 Å². The van der Waals surface area contributed by atoms with Gasteiger partial charge in [-0.3, -0.25) is 0 Å². The van der Waals surface area contributed by atoms with Gasteiger partial charge in [-0.25, -0.2) is 10.0 Å². The average molecular weight is 292 g/mol. The van der Waals surface area contributed by atoms with Gasteiger partial charge in [0.25, 0.3) is 0 Å². The highest BCUT2D eigenvalue weighted by Crippen LogP contribution is 2.48. The van der Waals surface area contributed by atoms with Crippen LogP contribution < -0.4 is 0 Å². The molecule has 0 nitrogen and oxygen atoms in total. The van der Waals surface area contributed by atoms with Gasteiger partial charge in [-0.05, 0) is 41.9 Å². The zero-order chi connectivity index (χ0) is 14.5. The predicted molar refractivity (Wildman–Crippen MR) is 79.2 cm³/mol. The zero-order valence-electron chi connectivity index (χ0n) is 11.8. The minimum Gasteiger partial charge on any atom is -0.244 e. The Morgan fingerprint density at radius 2 is 1.68 bits per heavy atom. The Hall–Kier alpha value is -0.640. The van der Waals surface area contributed by atoms with E-state index in [0.717, 1.165) is 12.8 Å². The van der Waals surface area contributed by atoms with E-state index in [-0.39, 0.29) is 5.75 Å². The molecule has 0 aliphatic rings. The summed E-state index contributed by atoms with van der Waals surface area (Å²) in [5, 5.41) is 0.357. The second kappa shape index (κ2) is 6.69. The summed E-state index contributed by atoms with van der Waals surface area (Å²) in [7, 11) is -1.18. The number of hydrogen-bond donors (Lipinski definition) is 0. The van der Waals surface area contributed by atoms with Gasteiger partial charge in [0.15, 0.2) is 0 Å². The van der Waals surface area contributed by atoms with Crippen molar-refractivity contribution >= 4 is 10.0 Å². The average Bonchev–Trinajstić information content (AvgIpc) is 2.34. The summed E-state index contributed by atoms with van der Waals surface area (Å²) in [4.78, 5) is 0. The third-order valence-electron chi connectivity index (χ3n) is 3.68. The predicted octanol–water partition coefficient (Wildman–Crippen LogP) is 5.02. The molecule has 0 saturated heterocycles. The largest absolute Gasteiger partial charge is 0.389 e. The molecule has 1 unspecified atom stereocenters. The third kappa shape index (κ3) is 6.37. The van der Waals surface area contributed by atoms with Crippen molar-refractivity contribution in [2.75, 3.05) is 18.3 Å². The molecule has 0 aliphatic heterocycles. The van der Waals surface area contributed by atoms with Crippen molar-refractivity contribution in [2.24, 2.45) is 0 Å². The van der Waals surface area contributed by atoms with E-state index in [4.69, 9.17) is 0 Å². The number of rotatable bonds is 6. The highest BCUT2D eigenvalue weighted by Gasteiger charge is 2.31. The Bertz CT molecular complexity index is 371. The van der Waals surface area contributed by atoms with E-state index in [9.17, 15) is 13.2 Å². The lowest BCUT2D eigenvalue weighted by molar-refractivity contribution is -0.129. The first-order chi connectivity index (χ1) is 8.71. The van der Waals surface area contributed by atoms with E-state index in [1.807, 2.05) is 30.7 Å². The Morgan fingerprint density at radius 1 is 1.11 bits per heavy atom. The molecule has 0 aromatic heterocycles. The van der Waals surface area contributed by atoms with Crippen LogP contribution in [-0.2, 0) is 6.42 Å². The molecule has 0 fully saturated rings. The molecule has 0 heterocycles. The molecule has 1 rings (SSSR count). The molecule has 0 amide bonds. The Balaban J connectivity index is 2.45. The van der Waals surface area contributed by atoms with Crippen molar-refractivity contribution in [3.8, 4) is 0 Å². The molecule has 110 valence electrons. The number of benzene rings is 1. The van der Waals surface area contributed by atoms with Gasteiger partial charge in [-0.15, -0.1) is 0 Å². The summed E-state index contributed by atoms with van der Waals surface area (Å²) in [6.07, 6.45) is 1.28. The minimum absolute atomic E-state index is 0.284. The van der Waals surface area contributed by atoms with E-state index in [1.54, 1.807) is 0 Å². The highest BCUT2D eigenvalue weighted by molar-refractivity contribution is 8.33. The summed E-state index contributed by atoms with van der Waals surface area (Å²) in [6.45, 7) is 2.09. The fourth-order valence-electron chi connectivity index (χ4n) is 1.91. The smallest absolute Gasteiger partial charge is 0.244 e. The third-order valence-corrected chi connectivity index (χ3v) is 7.35. The van der Waals surface area contributed by atoms with E-state index < -0.39 is 22.6 Å². The van der Waals surface area contributed by atoms with Crippen molar-refractivity contribution in [1.82, 2.24) is 0 Å². The van der Waals surface area contributed by atoms with Crippen LogP contribution in [0, 0.1) is 0 Å². The van der Waals surface area contributed by atoms with Crippen LogP contribution in [-0.4, -0.2) is 29.7 Å². The van der Waals surface area contributed by atoms with Gasteiger partial charge in [0.2, 0.25) is 0 Å².